The lowest BCUT2D eigenvalue weighted by atomic mass is 9.90. The van der Waals surface area contributed by atoms with Crippen LogP contribution in [-0.4, -0.2) is 44.8 Å². The number of amides is 1. The summed E-state index contributed by atoms with van der Waals surface area (Å²) in [5, 5.41) is 10.4. The van der Waals surface area contributed by atoms with Crippen LogP contribution < -0.4 is 0 Å². The lowest BCUT2D eigenvalue weighted by Gasteiger charge is -2.34. The van der Waals surface area contributed by atoms with E-state index in [-0.39, 0.29) is 12.0 Å². The van der Waals surface area contributed by atoms with Gasteiger partial charge in [0.15, 0.2) is 0 Å². The van der Waals surface area contributed by atoms with Gasteiger partial charge in [-0.2, -0.15) is 0 Å². The molecule has 6 nitrogen and oxygen atoms in total. The van der Waals surface area contributed by atoms with Crippen LogP contribution in [0.1, 0.15) is 51.2 Å². The summed E-state index contributed by atoms with van der Waals surface area (Å²) in [6.45, 7) is 8.68. The molecule has 2 rings (SSSR count). The molecular weight excluding hydrogens is 270 g/mol. The third kappa shape index (κ3) is 4.20. The van der Waals surface area contributed by atoms with E-state index in [1.807, 2.05) is 27.7 Å². The van der Waals surface area contributed by atoms with E-state index in [9.17, 15) is 9.90 Å². The Bertz CT molecular complexity index is 485. The Labute approximate surface area is 125 Å². The summed E-state index contributed by atoms with van der Waals surface area (Å²) < 4.78 is 5.37. The molecule has 1 saturated heterocycles. The number of hydrogen-bond acceptors (Lipinski definition) is 4. The van der Waals surface area contributed by atoms with E-state index in [2.05, 4.69) is 9.97 Å². The number of aromatic amines is 1. The van der Waals surface area contributed by atoms with Gasteiger partial charge in [-0.25, -0.2) is 9.78 Å². The van der Waals surface area contributed by atoms with E-state index in [1.165, 1.54) is 0 Å². The molecule has 1 amide bonds. The Hall–Kier alpha value is -1.56. The van der Waals surface area contributed by atoms with E-state index < -0.39 is 11.7 Å². The van der Waals surface area contributed by atoms with Gasteiger partial charge in [0.25, 0.3) is 0 Å². The standard InChI is InChI=1S/C15H25N3O3/c1-10-16-9-12(17-10)13(19)11-5-7-18(8-6-11)14(20)21-15(2,3)4/h9,11,13,19H,5-8H2,1-4H3,(H,16,17). The van der Waals surface area contributed by atoms with Gasteiger partial charge < -0.3 is 19.7 Å². The molecule has 1 atom stereocenters. The molecular formula is C15H25N3O3. The number of carbonyl (C=O) groups is 1. The maximum atomic E-state index is 12.0. The van der Waals surface area contributed by atoms with Crippen LogP contribution in [0.2, 0.25) is 0 Å². The molecule has 1 aliphatic heterocycles. The fraction of sp³-hybridized carbons (Fsp3) is 0.733. The summed E-state index contributed by atoms with van der Waals surface area (Å²) in [4.78, 5) is 20.9. The molecule has 6 heteroatoms. The first-order valence-electron chi connectivity index (χ1n) is 7.44. The molecule has 2 N–H and O–H groups in total. The van der Waals surface area contributed by atoms with E-state index in [4.69, 9.17) is 4.74 Å². The number of aliphatic hydroxyl groups is 1. The Morgan fingerprint density at radius 2 is 2.10 bits per heavy atom. The van der Waals surface area contributed by atoms with Crippen molar-refractivity contribution in [2.75, 3.05) is 13.1 Å². The number of aromatic nitrogens is 2. The van der Waals surface area contributed by atoms with Gasteiger partial charge in [-0.05, 0) is 46.5 Å². The van der Waals surface area contributed by atoms with Gasteiger partial charge in [0, 0.05) is 13.1 Å². The largest absolute Gasteiger partial charge is 0.444 e. The third-order valence-corrected chi connectivity index (χ3v) is 3.68. The number of piperidine rings is 1. The zero-order chi connectivity index (χ0) is 15.6. The minimum absolute atomic E-state index is 0.142. The quantitative estimate of drug-likeness (QED) is 0.878. The number of aryl methyl sites for hydroxylation is 1. The van der Waals surface area contributed by atoms with Crippen molar-refractivity contribution in [3.63, 3.8) is 0 Å². The third-order valence-electron chi connectivity index (χ3n) is 3.68. The summed E-state index contributed by atoms with van der Waals surface area (Å²) in [7, 11) is 0. The molecule has 0 aliphatic carbocycles. The van der Waals surface area contributed by atoms with Crippen LogP contribution in [0, 0.1) is 12.8 Å². The van der Waals surface area contributed by atoms with Crippen molar-refractivity contribution < 1.29 is 14.6 Å². The van der Waals surface area contributed by atoms with Gasteiger partial charge in [-0.3, -0.25) is 0 Å². The lowest BCUT2D eigenvalue weighted by molar-refractivity contribution is 0.00719. The first-order chi connectivity index (χ1) is 9.76. The molecule has 1 unspecified atom stereocenters. The maximum absolute atomic E-state index is 12.0. The second-order valence-corrected chi connectivity index (χ2v) is 6.67. The average molecular weight is 295 g/mol. The number of carbonyl (C=O) groups excluding carboxylic acids is 1. The molecule has 21 heavy (non-hydrogen) atoms. The van der Waals surface area contributed by atoms with Crippen molar-refractivity contribution in [2.24, 2.45) is 5.92 Å². The summed E-state index contributed by atoms with van der Waals surface area (Å²) in [5.74, 6) is 0.943. The average Bonchev–Trinajstić information content (AvgIpc) is 2.83. The van der Waals surface area contributed by atoms with Gasteiger partial charge in [0.1, 0.15) is 11.4 Å². The highest BCUT2D eigenvalue weighted by molar-refractivity contribution is 5.68. The molecule has 1 fully saturated rings. The second kappa shape index (κ2) is 6.05. The Kier molecular flexibility index (Phi) is 4.56. The molecule has 0 bridgehead atoms. The maximum Gasteiger partial charge on any atom is 0.410 e. The predicted molar refractivity (Wildman–Crippen MR) is 78.8 cm³/mol. The second-order valence-electron chi connectivity index (χ2n) is 6.67. The van der Waals surface area contributed by atoms with Gasteiger partial charge in [-0.1, -0.05) is 0 Å². The van der Waals surface area contributed by atoms with Crippen LogP contribution in [0.4, 0.5) is 4.79 Å². The number of nitrogens with zero attached hydrogens (tertiary/aromatic N) is 2. The highest BCUT2D eigenvalue weighted by Crippen LogP contribution is 2.30. The molecule has 0 radical (unpaired) electrons. The minimum atomic E-state index is -0.549. The van der Waals surface area contributed by atoms with Crippen molar-refractivity contribution in [1.29, 1.82) is 0 Å². The number of nitrogens with one attached hydrogen (secondary N) is 1. The number of rotatable bonds is 2. The van der Waals surface area contributed by atoms with Crippen LogP contribution in [0.15, 0.2) is 6.20 Å². The predicted octanol–water partition coefficient (Wildman–Crippen LogP) is 2.40. The first kappa shape index (κ1) is 15.8. The van der Waals surface area contributed by atoms with Gasteiger partial charge in [0.2, 0.25) is 0 Å². The van der Waals surface area contributed by atoms with Gasteiger partial charge in [-0.15, -0.1) is 0 Å². The summed E-state index contributed by atoms with van der Waals surface area (Å²) in [6, 6.07) is 0. The highest BCUT2D eigenvalue weighted by Gasteiger charge is 2.31. The zero-order valence-electron chi connectivity index (χ0n) is 13.2. The van der Waals surface area contributed by atoms with Gasteiger partial charge in [0.05, 0.1) is 18.0 Å². The topological polar surface area (TPSA) is 78.5 Å². The van der Waals surface area contributed by atoms with E-state index >= 15 is 0 Å². The molecule has 2 heterocycles. The van der Waals surface area contributed by atoms with Crippen LogP contribution in [0.25, 0.3) is 0 Å². The van der Waals surface area contributed by atoms with Crippen molar-refractivity contribution in [3.8, 4) is 0 Å². The Morgan fingerprint density at radius 1 is 1.48 bits per heavy atom. The summed E-state index contributed by atoms with van der Waals surface area (Å²) in [6.07, 6.45) is 2.39. The minimum Gasteiger partial charge on any atom is -0.444 e. The monoisotopic (exact) mass is 295 g/mol. The Morgan fingerprint density at radius 3 is 2.57 bits per heavy atom. The van der Waals surface area contributed by atoms with Crippen LogP contribution in [-0.2, 0) is 4.74 Å². The molecule has 1 aromatic heterocycles. The SMILES string of the molecule is Cc1ncc(C(O)C2CCN(C(=O)OC(C)(C)C)CC2)[nH]1. The van der Waals surface area contributed by atoms with E-state index in [0.717, 1.165) is 24.4 Å². The number of imidazole rings is 1. The molecule has 1 aromatic rings. The smallest absolute Gasteiger partial charge is 0.410 e. The van der Waals surface area contributed by atoms with E-state index in [1.54, 1.807) is 11.1 Å². The summed E-state index contributed by atoms with van der Waals surface area (Å²) in [5.41, 5.74) is 0.282. The van der Waals surface area contributed by atoms with Crippen molar-refractivity contribution in [3.05, 3.63) is 17.7 Å². The van der Waals surface area contributed by atoms with Crippen LogP contribution >= 0.6 is 0 Å². The number of aliphatic hydroxyl groups excluding tert-OH is 1. The van der Waals surface area contributed by atoms with Crippen molar-refractivity contribution in [1.82, 2.24) is 14.9 Å². The fourth-order valence-electron chi connectivity index (χ4n) is 2.57. The molecule has 0 spiro atoms. The lowest BCUT2D eigenvalue weighted by Crippen LogP contribution is -2.42. The normalized spacial score (nSPS) is 18.6. The first-order valence-corrected chi connectivity index (χ1v) is 7.44. The van der Waals surface area contributed by atoms with Gasteiger partial charge >= 0.3 is 6.09 Å². The molecule has 0 aromatic carbocycles. The summed E-state index contributed by atoms with van der Waals surface area (Å²) >= 11 is 0. The molecule has 118 valence electrons. The molecule has 1 aliphatic rings. The van der Waals surface area contributed by atoms with Crippen molar-refractivity contribution in [2.45, 2.75) is 52.2 Å². The number of hydrogen-bond donors (Lipinski definition) is 2. The fourth-order valence-corrected chi connectivity index (χ4v) is 2.57. The molecule has 0 saturated carbocycles. The van der Waals surface area contributed by atoms with Crippen LogP contribution in [0.5, 0.6) is 0 Å². The number of likely N-dealkylation sites (tertiary alicyclic amines) is 1. The van der Waals surface area contributed by atoms with Crippen molar-refractivity contribution >= 4 is 6.09 Å². The Balaban J connectivity index is 1.87. The number of H-pyrrole nitrogens is 1. The van der Waals surface area contributed by atoms with E-state index in [0.29, 0.717) is 13.1 Å². The number of ether oxygens (including phenoxy) is 1. The van der Waals surface area contributed by atoms with Crippen LogP contribution in [0.3, 0.4) is 0 Å². The highest BCUT2D eigenvalue weighted by atomic mass is 16.6. The zero-order valence-corrected chi connectivity index (χ0v) is 13.2.